The zero-order valence-electron chi connectivity index (χ0n) is 8.50. The molecule has 0 unspecified atom stereocenters. The number of aliphatic carboxylic acids is 1. The lowest BCUT2D eigenvalue weighted by atomic mass is 9.85. The molecule has 16 heavy (non-hydrogen) atoms. The van der Waals surface area contributed by atoms with Crippen LogP contribution in [0.2, 0.25) is 0 Å². The monoisotopic (exact) mass is 221 g/mol. The molecule has 2 amide bonds. The van der Waals surface area contributed by atoms with Crippen molar-refractivity contribution >= 4 is 17.8 Å². The van der Waals surface area contributed by atoms with Crippen LogP contribution in [-0.4, -0.2) is 34.3 Å². The summed E-state index contributed by atoms with van der Waals surface area (Å²) < 4.78 is 0. The second-order valence-corrected chi connectivity index (χ2v) is 4.66. The Balaban J connectivity index is 1.91. The molecule has 0 radical (unpaired) electrons. The summed E-state index contributed by atoms with van der Waals surface area (Å²) in [6, 6.07) is 0. The molecule has 2 aliphatic carbocycles. The lowest BCUT2D eigenvalue weighted by Crippen LogP contribution is -2.37. The third kappa shape index (κ3) is 1.03. The van der Waals surface area contributed by atoms with E-state index in [4.69, 9.17) is 5.11 Å². The molecule has 2 fully saturated rings. The molecule has 5 nitrogen and oxygen atoms in total. The van der Waals surface area contributed by atoms with E-state index in [1.54, 1.807) is 0 Å². The summed E-state index contributed by atoms with van der Waals surface area (Å²) in [6.07, 6.45) is 4.84. The van der Waals surface area contributed by atoms with Gasteiger partial charge in [-0.05, 0) is 18.3 Å². The Bertz CT molecular complexity index is 398. The Morgan fingerprint density at radius 2 is 1.75 bits per heavy atom. The number of carbonyl (C=O) groups excluding carboxylic acids is 2. The second kappa shape index (κ2) is 2.93. The van der Waals surface area contributed by atoms with Crippen LogP contribution in [0.4, 0.5) is 0 Å². The van der Waals surface area contributed by atoms with Gasteiger partial charge in [-0.2, -0.15) is 0 Å². The maximum Gasteiger partial charge on any atom is 0.323 e. The zero-order chi connectivity index (χ0) is 11.4. The molecule has 4 atom stereocenters. The number of fused-ring (bicyclic) bond motifs is 5. The number of allylic oxidation sites excluding steroid dienone is 2. The maximum absolute atomic E-state index is 11.9. The molecular weight excluding hydrogens is 210 g/mol. The van der Waals surface area contributed by atoms with E-state index in [1.165, 1.54) is 0 Å². The van der Waals surface area contributed by atoms with E-state index < -0.39 is 12.5 Å². The van der Waals surface area contributed by atoms with Crippen molar-refractivity contribution < 1.29 is 19.5 Å². The van der Waals surface area contributed by atoms with E-state index in [-0.39, 0.29) is 35.5 Å². The summed E-state index contributed by atoms with van der Waals surface area (Å²) in [4.78, 5) is 35.4. The van der Waals surface area contributed by atoms with Gasteiger partial charge in [-0.1, -0.05) is 12.2 Å². The highest BCUT2D eigenvalue weighted by Crippen LogP contribution is 2.52. The number of likely N-dealkylation sites (tertiary alicyclic amines) is 1. The van der Waals surface area contributed by atoms with Gasteiger partial charge in [-0.15, -0.1) is 0 Å². The fourth-order valence-electron chi connectivity index (χ4n) is 3.26. The van der Waals surface area contributed by atoms with Crippen LogP contribution in [-0.2, 0) is 14.4 Å². The van der Waals surface area contributed by atoms with Crippen LogP contribution in [0.25, 0.3) is 0 Å². The summed E-state index contributed by atoms with van der Waals surface area (Å²) in [7, 11) is 0. The fourth-order valence-corrected chi connectivity index (χ4v) is 3.26. The van der Waals surface area contributed by atoms with Gasteiger partial charge in [-0.3, -0.25) is 19.3 Å². The first-order valence-electron chi connectivity index (χ1n) is 5.35. The van der Waals surface area contributed by atoms with Crippen LogP contribution in [0.3, 0.4) is 0 Å². The van der Waals surface area contributed by atoms with Crippen LogP contribution >= 0.6 is 0 Å². The lowest BCUT2D eigenvalue weighted by Gasteiger charge is -2.14. The number of carboxylic acid groups (broad SMARTS) is 1. The van der Waals surface area contributed by atoms with Gasteiger partial charge in [0.1, 0.15) is 6.54 Å². The lowest BCUT2D eigenvalue weighted by molar-refractivity contribution is -0.149. The molecule has 1 N–H and O–H groups in total. The molecule has 3 rings (SSSR count). The molecule has 1 aliphatic heterocycles. The minimum atomic E-state index is -1.14. The van der Waals surface area contributed by atoms with Gasteiger partial charge in [0.15, 0.2) is 0 Å². The van der Waals surface area contributed by atoms with E-state index in [9.17, 15) is 14.4 Å². The van der Waals surface area contributed by atoms with Crippen LogP contribution in [0.5, 0.6) is 0 Å². The number of rotatable bonds is 2. The SMILES string of the molecule is O=C(O)CN1C(=O)[C@H]2[C@H](C1=O)[C@@H]1C=C[C@@H]2C1. The number of amides is 2. The molecular formula is C11H11NO4. The average molecular weight is 221 g/mol. The van der Waals surface area contributed by atoms with E-state index >= 15 is 0 Å². The van der Waals surface area contributed by atoms with Crippen LogP contribution < -0.4 is 0 Å². The quantitative estimate of drug-likeness (QED) is 0.521. The molecule has 1 saturated carbocycles. The maximum atomic E-state index is 11.9. The highest BCUT2D eigenvalue weighted by Gasteiger charge is 2.59. The Kier molecular flexibility index (Phi) is 1.75. The van der Waals surface area contributed by atoms with Gasteiger partial charge in [0, 0.05) is 0 Å². The molecule has 2 bridgehead atoms. The molecule has 1 saturated heterocycles. The Morgan fingerprint density at radius 1 is 1.25 bits per heavy atom. The third-order valence-corrected chi connectivity index (χ3v) is 3.86. The Hall–Kier alpha value is -1.65. The van der Waals surface area contributed by atoms with Gasteiger partial charge in [0.25, 0.3) is 0 Å². The third-order valence-electron chi connectivity index (χ3n) is 3.86. The summed E-state index contributed by atoms with van der Waals surface area (Å²) in [5.74, 6) is -2.02. The van der Waals surface area contributed by atoms with Crippen molar-refractivity contribution in [3.05, 3.63) is 12.2 Å². The number of hydrogen-bond donors (Lipinski definition) is 1. The second-order valence-electron chi connectivity index (χ2n) is 4.66. The largest absolute Gasteiger partial charge is 0.480 e. The number of hydrogen-bond acceptors (Lipinski definition) is 3. The molecule has 1 heterocycles. The summed E-state index contributed by atoms with van der Waals surface area (Å²) in [5.41, 5.74) is 0. The van der Waals surface area contributed by atoms with Crippen LogP contribution in [0, 0.1) is 23.7 Å². The highest BCUT2D eigenvalue weighted by atomic mass is 16.4. The molecule has 0 aromatic heterocycles. The van der Waals surface area contributed by atoms with Crippen molar-refractivity contribution in [2.45, 2.75) is 6.42 Å². The van der Waals surface area contributed by atoms with Gasteiger partial charge in [0.2, 0.25) is 11.8 Å². The minimum Gasteiger partial charge on any atom is -0.480 e. The Labute approximate surface area is 91.7 Å². The van der Waals surface area contributed by atoms with E-state index in [0.717, 1.165) is 11.3 Å². The molecule has 0 aromatic rings. The van der Waals surface area contributed by atoms with E-state index in [0.29, 0.717) is 0 Å². The van der Waals surface area contributed by atoms with Crippen molar-refractivity contribution in [2.75, 3.05) is 6.54 Å². The van der Waals surface area contributed by atoms with E-state index in [1.807, 2.05) is 12.2 Å². The van der Waals surface area contributed by atoms with Crippen molar-refractivity contribution in [1.82, 2.24) is 4.90 Å². The van der Waals surface area contributed by atoms with Crippen molar-refractivity contribution in [2.24, 2.45) is 23.7 Å². The molecule has 0 aromatic carbocycles. The predicted molar refractivity (Wildman–Crippen MR) is 52.1 cm³/mol. The fraction of sp³-hybridized carbons (Fsp3) is 0.545. The Morgan fingerprint density at radius 3 is 2.19 bits per heavy atom. The van der Waals surface area contributed by atoms with Gasteiger partial charge in [-0.25, -0.2) is 0 Å². The average Bonchev–Trinajstić information content (AvgIpc) is 2.87. The number of carbonyl (C=O) groups is 3. The summed E-state index contributed by atoms with van der Waals surface area (Å²) in [6.45, 7) is -0.496. The summed E-state index contributed by atoms with van der Waals surface area (Å²) in [5, 5.41) is 8.66. The molecule has 5 heteroatoms. The first kappa shape index (κ1) is 9.57. The number of imide groups is 1. The van der Waals surface area contributed by atoms with Crippen molar-refractivity contribution in [3.63, 3.8) is 0 Å². The van der Waals surface area contributed by atoms with Gasteiger partial charge < -0.3 is 5.11 Å². The smallest absolute Gasteiger partial charge is 0.323 e. The molecule has 84 valence electrons. The minimum absolute atomic E-state index is 0.144. The number of carboxylic acids is 1. The van der Waals surface area contributed by atoms with E-state index in [2.05, 4.69) is 0 Å². The van der Waals surface area contributed by atoms with Crippen molar-refractivity contribution in [1.29, 1.82) is 0 Å². The van der Waals surface area contributed by atoms with Crippen LogP contribution in [0.1, 0.15) is 6.42 Å². The number of nitrogens with zero attached hydrogens (tertiary/aromatic N) is 1. The molecule has 3 aliphatic rings. The first-order valence-corrected chi connectivity index (χ1v) is 5.35. The van der Waals surface area contributed by atoms with Crippen molar-refractivity contribution in [3.8, 4) is 0 Å². The summed E-state index contributed by atoms with van der Waals surface area (Å²) >= 11 is 0. The van der Waals surface area contributed by atoms with Gasteiger partial charge >= 0.3 is 5.97 Å². The van der Waals surface area contributed by atoms with Crippen LogP contribution in [0.15, 0.2) is 12.2 Å². The molecule has 0 spiro atoms. The first-order chi connectivity index (χ1) is 7.59. The normalized spacial score (nSPS) is 39.6. The predicted octanol–water partition coefficient (Wildman–Crippen LogP) is -0.122. The zero-order valence-corrected chi connectivity index (χ0v) is 8.50. The highest BCUT2D eigenvalue weighted by molar-refractivity contribution is 6.08. The topological polar surface area (TPSA) is 74.7 Å². The standard InChI is InChI=1S/C11H11NO4/c13-7(14)4-12-10(15)8-5-1-2-6(3-5)9(8)11(12)16/h1-2,5-6,8-9H,3-4H2,(H,13,14)/t5-,6-,8-,9-/m1/s1. The van der Waals surface area contributed by atoms with Gasteiger partial charge in [0.05, 0.1) is 11.8 Å².